The van der Waals surface area contributed by atoms with Crippen LogP contribution in [0.1, 0.15) is 21.9 Å². The highest BCUT2D eigenvalue weighted by Gasteiger charge is 2.14. The zero-order chi connectivity index (χ0) is 15.9. The van der Waals surface area contributed by atoms with Crippen molar-refractivity contribution in [1.29, 1.82) is 0 Å². The van der Waals surface area contributed by atoms with Crippen LogP contribution in [0.4, 0.5) is 0 Å². The molecule has 118 valence electrons. The molecule has 0 aliphatic carbocycles. The zero-order valence-corrected chi connectivity index (χ0v) is 12.8. The average Bonchev–Trinajstić information content (AvgIpc) is 3.01. The Hall–Kier alpha value is -2.47. The van der Waals surface area contributed by atoms with Gasteiger partial charge in [-0.25, -0.2) is 4.79 Å². The largest absolute Gasteiger partial charge is 0.497 e. The van der Waals surface area contributed by atoms with Gasteiger partial charge in [-0.2, -0.15) is 0 Å². The molecule has 1 aromatic heterocycles. The summed E-state index contributed by atoms with van der Waals surface area (Å²) >= 11 is 0. The molecular formula is C16H18O6. The van der Waals surface area contributed by atoms with Gasteiger partial charge in [0.1, 0.15) is 30.5 Å². The molecule has 0 fully saturated rings. The quantitative estimate of drug-likeness (QED) is 0.733. The van der Waals surface area contributed by atoms with E-state index in [2.05, 4.69) is 0 Å². The normalized spacial score (nSPS) is 10.3. The van der Waals surface area contributed by atoms with E-state index in [9.17, 15) is 4.79 Å². The van der Waals surface area contributed by atoms with Crippen LogP contribution in [0, 0.1) is 0 Å². The number of hydrogen-bond acceptors (Lipinski definition) is 6. The van der Waals surface area contributed by atoms with E-state index < -0.39 is 5.97 Å². The van der Waals surface area contributed by atoms with E-state index in [4.69, 9.17) is 23.4 Å². The van der Waals surface area contributed by atoms with Gasteiger partial charge in [-0.05, 0) is 30.3 Å². The Kier molecular flexibility index (Phi) is 5.43. The molecule has 0 amide bonds. The van der Waals surface area contributed by atoms with E-state index in [1.165, 1.54) is 0 Å². The third-order valence-electron chi connectivity index (χ3n) is 3.00. The van der Waals surface area contributed by atoms with Gasteiger partial charge in [0.15, 0.2) is 0 Å². The van der Waals surface area contributed by atoms with E-state index in [-0.39, 0.29) is 12.4 Å². The molecule has 0 saturated heterocycles. The molecule has 1 heterocycles. The van der Waals surface area contributed by atoms with Gasteiger partial charge in [0, 0.05) is 12.7 Å². The molecule has 22 heavy (non-hydrogen) atoms. The maximum atomic E-state index is 12.0. The molecular weight excluding hydrogens is 288 g/mol. The van der Waals surface area contributed by atoms with Crippen molar-refractivity contribution in [1.82, 2.24) is 0 Å². The Morgan fingerprint density at radius 3 is 2.55 bits per heavy atom. The Labute approximate surface area is 128 Å². The number of carbonyl (C=O) groups excluding carboxylic acids is 1. The fraction of sp³-hybridized carbons (Fsp3) is 0.312. The number of furan rings is 1. The van der Waals surface area contributed by atoms with Gasteiger partial charge >= 0.3 is 5.97 Å². The van der Waals surface area contributed by atoms with E-state index >= 15 is 0 Å². The molecule has 0 saturated carbocycles. The average molecular weight is 306 g/mol. The van der Waals surface area contributed by atoms with Crippen LogP contribution >= 0.6 is 0 Å². The van der Waals surface area contributed by atoms with Gasteiger partial charge in [-0.15, -0.1) is 0 Å². The number of carbonyl (C=O) groups is 1. The van der Waals surface area contributed by atoms with Crippen LogP contribution in [0.3, 0.4) is 0 Å². The van der Waals surface area contributed by atoms with Crippen molar-refractivity contribution >= 4 is 5.97 Å². The first-order chi connectivity index (χ1) is 10.7. The molecule has 2 rings (SSSR count). The number of esters is 1. The smallest absolute Gasteiger partial charge is 0.374 e. The summed E-state index contributed by atoms with van der Waals surface area (Å²) in [6, 6.07) is 8.51. The number of rotatable bonds is 7. The summed E-state index contributed by atoms with van der Waals surface area (Å²) in [5.74, 6) is 1.43. The minimum atomic E-state index is -0.549. The highest BCUT2D eigenvalue weighted by atomic mass is 16.5. The highest BCUT2D eigenvalue weighted by molar-refractivity contribution is 5.86. The third kappa shape index (κ3) is 3.79. The molecule has 0 aliphatic rings. The van der Waals surface area contributed by atoms with Gasteiger partial charge in [-0.1, -0.05) is 0 Å². The van der Waals surface area contributed by atoms with Gasteiger partial charge in [-0.3, -0.25) is 0 Å². The first-order valence-corrected chi connectivity index (χ1v) is 6.63. The van der Waals surface area contributed by atoms with Crippen molar-refractivity contribution in [2.24, 2.45) is 0 Å². The molecule has 0 unspecified atom stereocenters. The monoisotopic (exact) mass is 306 g/mol. The predicted octanol–water partition coefficient (Wildman–Crippen LogP) is 2.80. The summed E-state index contributed by atoms with van der Waals surface area (Å²) < 4.78 is 25.9. The van der Waals surface area contributed by atoms with E-state index in [1.807, 2.05) is 0 Å². The summed E-state index contributed by atoms with van der Waals surface area (Å²) in [5, 5.41) is 0. The topological polar surface area (TPSA) is 67.1 Å². The van der Waals surface area contributed by atoms with Crippen molar-refractivity contribution in [3.05, 3.63) is 47.4 Å². The van der Waals surface area contributed by atoms with Crippen molar-refractivity contribution < 1.29 is 28.2 Å². The van der Waals surface area contributed by atoms with Gasteiger partial charge in [0.05, 0.1) is 14.2 Å². The summed E-state index contributed by atoms with van der Waals surface area (Å²) in [5.41, 5.74) is 0.707. The van der Waals surface area contributed by atoms with E-state index in [1.54, 1.807) is 51.7 Å². The van der Waals surface area contributed by atoms with E-state index in [0.717, 1.165) is 0 Å². The molecule has 0 spiro atoms. The molecule has 6 heteroatoms. The van der Waals surface area contributed by atoms with Crippen LogP contribution in [-0.4, -0.2) is 27.3 Å². The first kappa shape index (κ1) is 15.9. The maximum absolute atomic E-state index is 12.0. The summed E-state index contributed by atoms with van der Waals surface area (Å²) in [6.07, 6.45) is 0. The number of hydrogen-bond donors (Lipinski definition) is 0. The number of benzene rings is 1. The maximum Gasteiger partial charge on any atom is 0.374 e. The van der Waals surface area contributed by atoms with Crippen LogP contribution in [0.2, 0.25) is 0 Å². The minimum Gasteiger partial charge on any atom is -0.497 e. The fourth-order valence-corrected chi connectivity index (χ4v) is 1.92. The summed E-state index contributed by atoms with van der Waals surface area (Å²) in [7, 11) is 4.67. The molecule has 6 nitrogen and oxygen atoms in total. The molecule has 0 aliphatic heterocycles. The summed E-state index contributed by atoms with van der Waals surface area (Å²) in [6.45, 7) is 0.358. The van der Waals surface area contributed by atoms with Gasteiger partial charge in [0.25, 0.3) is 0 Å². The summed E-state index contributed by atoms with van der Waals surface area (Å²) in [4.78, 5) is 12.0. The predicted molar refractivity (Wildman–Crippen MR) is 78.1 cm³/mol. The Balaban J connectivity index is 2.03. The highest BCUT2D eigenvalue weighted by Crippen LogP contribution is 2.25. The lowest BCUT2D eigenvalue weighted by Crippen LogP contribution is -2.05. The second kappa shape index (κ2) is 7.51. The molecule has 0 bridgehead atoms. The van der Waals surface area contributed by atoms with Crippen LogP contribution in [0.15, 0.2) is 34.7 Å². The lowest BCUT2D eigenvalue weighted by Gasteiger charge is -2.10. The minimum absolute atomic E-state index is 0.0551. The van der Waals surface area contributed by atoms with Crippen LogP contribution < -0.4 is 9.47 Å². The molecule has 0 radical (unpaired) electrons. The SMILES string of the molecule is COCc1ccc(C(=O)OCc2cc(OC)ccc2OC)o1. The lowest BCUT2D eigenvalue weighted by atomic mass is 10.2. The van der Waals surface area contributed by atoms with Crippen molar-refractivity contribution in [3.8, 4) is 11.5 Å². The Bertz CT molecular complexity index is 631. The van der Waals surface area contributed by atoms with Gasteiger partial charge in [0.2, 0.25) is 5.76 Å². The van der Waals surface area contributed by atoms with Crippen LogP contribution in [-0.2, 0) is 22.7 Å². The van der Waals surface area contributed by atoms with E-state index in [0.29, 0.717) is 29.4 Å². The van der Waals surface area contributed by atoms with Crippen LogP contribution in [0.5, 0.6) is 11.5 Å². The second-order valence-corrected chi connectivity index (χ2v) is 4.45. The first-order valence-electron chi connectivity index (χ1n) is 6.63. The Morgan fingerprint density at radius 2 is 1.86 bits per heavy atom. The third-order valence-corrected chi connectivity index (χ3v) is 3.00. The molecule has 0 atom stereocenters. The molecule has 2 aromatic rings. The number of methoxy groups -OCH3 is 3. The molecule has 0 N–H and O–H groups in total. The second-order valence-electron chi connectivity index (χ2n) is 4.45. The number of ether oxygens (including phenoxy) is 4. The lowest BCUT2D eigenvalue weighted by molar-refractivity contribution is 0.0427. The standard InChI is InChI=1S/C16H18O6/c1-18-10-13-5-7-15(22-13)16(17)21-9-11-8-12(19-2)4-6-14(11)20-3/h4-8H,9-10H2,1-3H3. The van der Waals surface area contributed by atoms with Crippen molar-refractivity contribution in [2.75, 3.05) is 21.3 Å². The van der Waals surface area contributed by atoms with Crippen LogP contribution in [0.25, 0.3) is 0 Å². The molecule has 1 aromatic carbocycles. The van der Waals surface area contributed by atoms with Crippen molar-refractivity contribution in [2.45, 2.75) is 13.2 Å². The van der Waals surface area contributed by atoms with Gasteiger partial charge < -0.3 is 23.4 Å². The Morgan fingerprint density at radius 1 is 1.05 bits per heavy atom. The van der Waals surface area contributed by atoms with Crippen molar-refractivity contribution in [3.63, 3.8) is 0 Å². The fourth-order valence-electron chi connectivity index (χ4n) is 1.92. The zero-order valence-electron chi connectivity index (χ0n) is 12.8.